The summed E-state index contributed by atoms with van der Waals surface area (Å²) < 4.78 is 6.03. The summed E-state index contributed by atoms with van der Waals surface area (Å²) in [6.07, 6.45) is 0. The number of hydrogen-bond acceptors (Lipinski definition) is 5. The molecule has 7 heteroatoms. The highest BCUT2D eigenvalue weighted by atomic mass is 32.1. The number of rotatable bonds is 5. The molecule has 1 heterocycles. The van der Waals surface area contributed by atoms with Crippen LogP contribution in [-0.4, -0.2) is 23.9 Å². The van der Waals surface area contributed by atoms with E-state index >= 15 is 0 Å². The topological polar surface area (TPSA) is 80.3 Å². The monoisotopic (exact) mass is 369 g/mol. The van der Waals surface area contributed by atoms with Crippen LogP contribution in [0.3, 0.4) is 0 Å². The highest BCUT2D eigenvalue weighted by Crippen LogP contribution is 2.24. The summed E-state index contributed by atoms with van der Waals surface area (Å²) >= 11 is 1.54. The van der Waals surface area contributed by atoms with Gasteiger partial charge in [-0.15, -0.1) is 11.3 Å². The second kappa shape index (κ2) is 8.07. The van der Waals surface area contributed by atoms with Crippen molar-refractivity contribution in [3.63, 3.8) is 0 Å². The third-order valence-electron chi connectivity index (χ3n) is 3.75. The molecular weight excluding hydrogens is 350 g/mol. The number of nitrogens with one attached hydrogen (secondary N) is 2. The maximum Gasteiger partial charge on any atom is 0.313 e. The molecule has 0 aliphatic rings. The predicted molar refractivity (Wildman–Crippen MR) is 102 cm³/mol. The number of carbonyl (C=O) groups is 2. The highest BCUT2D eigenvalue weighted by Gasteiger charge is 2.14. The zero-order chi connectivity index (χ0) is 18.5. The zero-order valence-electron chi connectivity index (χ0n) is 14.5. The zero-order valence-corrected chi connectivity index (χ0v) is 15.4. The number of benzene rings is 2. The Hall–Kier alpha value is -2.77. The third-order valence-corrected chi connectivity index (χ3v) is 4.68. The minimum absolute atomic E-state index is 0.284. The number of anilines is 1. The van der Waals surface area contributed by atoms with Gasteiger partial charge in [0.2, 0.25) is 0 Å². The van der Waals surface area contributed by atoms with Crippen molar-refractivity contribution < 1.29 is 14.3 Å². The molecule has 1 aromatic heterocycles. The van der Waals surface area contributed by atoms with Crippen molar-refractivity contribution in [3.8, 4) is 0 Å². The van der Waals surface area contributed by atoms with Gasteiger partial charge in [-0.05, 0) is 36.2 Å². The molecule has 0 fully saturated rings. The van der Waals surface area contributed by atoms with Crippen LogP contribution >= 0.6 is 11.3 Å². The molecule has 6 nitrogen and oxygen atoms in total. The molecule has 2 aromatic carbocycles. The lowest BCUT2D eigenvalue weighted by Crippen LogP contribution is -2.34. The molecule has 0 unspecified atom stereocenters. The Morgan fingerprint density at radius 2 is 1.81 bits per heavy atom. The largest absolute Gasteiger partial charge is 0.380 e. The van der Waals surface area contributed by atoms with Crippen LogP contribution in [0, 0.1) is 6.92 Å². The van der Waals surface area contributed by atoms with Crippen molar-refractivity contribution in [2.45, 2.75) is 20.1 Å². The summed E-state index contributed by atoms with van der Waals surface area (Å²) in [4.78, 5) is 28.4. The fourth-order valence-electron chi connectivity index (χ4n) is 2.49. The van der Waals surface area contributed by atoms with Crippen molar-refractivity contribution in [2.75, 3.05) is 12.4 Å². The van der Waals surface area contributed by atoms with E-state index < -0.39 is 11.8 Å². The van der Waals surface area contributed by atoms with Gasteiger partial charge < -0.3 is 15.4 Å². The van der Waals surface area contributed by atoms with Crippen molar-refractivity contribution >= 4 is 39.1 Å². The molecule has 0 aliphatic heterocycles. The molecule has 0 saturated heterocycles. The van der Waals surface area contributed by atoms with Gasteiger partial charge >= 0.3 is 11.8 Å². The van der Waals surface area contributed by atoms with Crippen LogP contribution < -0.4 is 10.6 Å². The second-order valence-corrected chi connectivity index (χ2v) is 7.04. The molecule has 134 valence electrons. The molecule has 26 heavy (non-hydrogen) atoms. The molecule has 3 rings (SSSR count). The number of hydrogen-bond donors (Lipinski definition) is 2. The number of thiazole rings is 1. The lowest BCUT2D eigenvalue weighted by molar-refractivity contribution is -0.136. The Bertz CT molecular complexity index is 935. The van der Waals surface area contributed by atoms with E-state index in [-0.39, 0.29) is 6.54 Å². The van der Waals surface area contributed by atoms with E-state index in [1.165, 1.54) is 0 Å². The summed E-state index contributed by atoms with van der Waals surface area (Å²) in [5.41, 5.74) is 3.42. The van der Waals surface area contributed by atoms with E-state index in [9.17, 15) is 9.59 Å². The fourth-order valence-corrected chi connectivity index (χ4v) is 3.35. The van der Waals surface area contributed by atoms with E-state index in [1.54, 1.807) is 24.5 Å². The molecule has 0 radical (unpaired) electrons. The van der Waals surface area contributed by atoms with Crippen molar-refractivity contribution in [1.82, 2.24) is 10.3 Å². The Morgan fingerprint density at radius 3 is 2.54 bits per heavy atom. The van der Waals surface area contributed by atoms with E-state index in [0.717, 1.165) is 26.4 Å². The number of carbonyl (C=O) groups excluding carboxylic acids is 2. The van der Waals surface area contributed by atoms with E-state index in [2.05, 4.69) is 15.6 Å². The molecular formula is C19H19N3O3S. The fraction of sp³-hybridized carbons (Fsp3) is 0.211. The van der Waals surface area contributed by atoms with Crippen LogP contribution in [0.2, 0.25) is 0 Å². The predicted octanol–water partition coefficient (Wildman–Crippen LogP) is 3.01. The van der Waals surface area contributed by atoms with E-state index in [0.29, 0.717) is 12.3 Å². The molecule has 2 N–H and O–H groups in total. The quantitative estimate of drug-likeness (QED) is 0.678. The SMILES string of the molecule is COCc1ccc(CNC(=O)C(=O)Nc2ccc3nc(C)sc3c2)cc1. The summed E-state index contributed by atoms with van der Waals surface area (Å²) in [5.74, 6) is -1.37. The van der Waals surface area contributed by atoms with Crippen molar-refractivity contribution in [1.29, 1.82) is 0 Å². The lowest BCUT2D eigenvalue weighted by Gasteiger charge is -2.07. The van der Waals surface area contributed by atoms with Gasteiger partial charge in [0.1, 0.15) is 0 Å². The Kier molecular flexibility index (Phi) is 5.60. The number of ether oxygens (including phenoxy) is 1. The first-order chi connectivity index (χ1) is 12.5. The standard InChI is InChI=1S/C19H19N3O3S/c1-12-21-16-8-7-15(9-17(16)26-12)22-19(24)18(23)20-10-13-3-5-14(6-4-13)11-25-2/h3-9H,10-11H2,1-2H3,(H,20,23)(H,22,24). The van der Waals surface area contributed by atoms with Gasteiger partial charge in [-0.1, -0.05) is 24.3 Å². The van der Waals surface area contributed by atoms with Gasteiger partial charge in [0.05, 0.1) is 21.8 Å². The first kappa shape index (κ1) is 18.0. The molecule has 3 aromatic rings. The van der Waals surface area contributed by atoms with E-state index in [1.807, 2.05) is 43.3 Å². The van der Waals surface area contributed by atoms with Gasteiger partial charge in [-0.25, -0.2) is 4.98 Å². The number of nitrogens with zero attached hydrogens (tertiary/aromatic N) is 1. The first-order valence-corrected chi connectivity index (χ1v) is 8.90. The van der Waals surface area contributed by atoms with Crippen LogP contribution in [-0.2, 0) is 27.5 Å². The second-order valence-electron chi connectivity index (χ2n) is 5.80. The maximum atomic E-state index is 12.1. The number of amides is 2. The average molecular weight is 369 g/mol. The Balaban J connectivity index is 1.55. The molecule has 0 saturated carbocycles. The molecule has 0 atom stereocenters. The Morgan fingerprint density at radius 1 is 1.08 bits per heavy atom. The van der Waals surface area contributed by atoms with Crippen LogP contribution in [0.4, 0.5) is 5.69 Å². The summed E-state index contributed by atoms with van der Waals surface area (Å²) in [6, 6.07) is 13.0. The molecule has 2 amide bonds. The minimum Gasteiger partial charge on any atom is -0.380 e. The number of fused-ring (bicyclic) bond motifs is 1. The maximum absolute atomic E-state index is 12.1. The number of aryl methyl sites for hydroxylation is 1. The van der Waals surface area contributed by atoms with Crippen LogP contribution in [0.25, 0.3) is 10.2 Å². The van der Waals surface area contributed by atoms with Crippen molar-refractivity contribution in [2.24, 2.45) is 0 Å². The molecule has 0 spiro atoms. The lowest BCUT2D eigenvalue weighted by atomic mass is 10.1. The van der Waals surface area contributed by atoms with Crippen molar-refractivity contribution in [3.05, 3.63) is 58.6 Å². The summed E-state index contributed by atoms with van der Waals surface area (Å²) in [7, 11) is 1.64. The normalized spacial score (nSPS) is 10.7. The highest BCUT2D eigenvalue weighted by molar-refractivity contribution is 7.18. The molecule has 0 bridgehead atoms. The van der Waals surface area contributed by atoms with Crippen LogP contribution in [0.15, 0.2) is 42.5 Å². The smallest absolute Gasteiger partial charge is 0.313 e. The number of aromatic nitrogens is 1. The van der Waals surface area contributed by atoms with Gasteiger partial charge in [0.25, 0.3) is 0 Å². The first-order valence-electron chi connectivity index (χ1n) is 8.08. The van der Waals surface area contributed by atoms with Gasteiger partial charge in [0.15, 0.2) is 0 Å². The summed E-state index contributed by atoms with van der Waals surface area (Å²) in [5, 5.41) is 6.19. The van der Waals surface area contributed by atoms with Gasteiger partial charge in [-0.2, -0.15) is 0 Å². The van der Waals surface area contributed by atoms with Gasteiger partial charge in [0, 0.05) is 19.3 Å². The van der Waals surface area contributed by atoms with E-state index in [4.69, 9.17) is 4.74 Å². The van der Waals surface area contributed by atoms with Crippen LogP contribution in [0.1, 0.15) is 16.1 Å². The number of methoxy groups -OCH3 is 1. The molecule has 0 aliphatic carbocycles. The van der Waals surface area contributed by atoms with Crippen LogP contribution in [0.5, 0.6) is 0 Å². The van der Waals surface area contributed by atoms with Gasteiger partial charge in [-0.3, -0.25) is 9.59 Å². The Labute approximate surface area is 155 Å². The average Bonchev–Trinajstić information content (AvgIpc) is 3.00. The minimum atomic E-state index is -0.693. The summed E-state index contributed by atoms with van der Waals surface area (Å²) in [6.45, 7) is 2.75. The third kappa shape index (κ3) is 4.44.